The maximum Gasteiger partial charge on any atom is 0.243 e. The van der Waals surface area contributed by atoms with E-state index in [1.54, 1.807) is 0 Å². The van der Waals surface area contributed by atoms with Crippen molar-refractivity contribution in [1.29, 1.82) is 0 Å². The number of benzene rings is 2. The molecular weight excluding hydrogens is 381 g/mol. The number of aromatic amines is 1. The summed E-state index contributed by atoms with van der Waals surface area (Å²) in [5.41, 5.74) is 5.36. The second-order valence-corrected chi connectivity index (χ2v) is 8.65. The predicted octanol–water partition coefficient (Wildman–Crippen LogP) is 3.26. The summed E-state index contributed by atoms with van der Waals surface area (Å²) < 4.78 is 13.4. The summed E-state index contributed by atoms with van der Waals surface area (Å²) in [5, 5.41) is 11.4. The van der Waals surface area contributed by atoms with Crippen molar-refractivity contribution in [1.82, 2.24) is 15.1 Å². The van der Waals surface area contributed by atoms with Crippen molar-refractivity contribution in [3.05, 3.63) is 53.5 Å². The number of fused-ring (bicyclic) bond motifs is 4. The van der Waals surface area contributed by atoms with Gasteiger partial charge in [-0.1, -0.05) is 12.1 Å². The first-order chi connectivity index (χ1) is 14.7. The number of carbonyl (C=O) groups excluding carboxylic acids is 1. The molecule has 7 heteroatoms. The van der Waals surface area contributed by atoms with E-state index < -0.39 is 0 Å². The van der Waals surface area contributed by atoms with Crippen molar-refractivity contribution < 1.29 is 9.18 Å². The Kier molecular flexibility index (Phi) is 4.06. The minimum Gasteiger partial charge on any atom is -0.357 e. The molecule has 0 aliphatic carbocycles. The molecule has 1 amide bonds. The van der Waals surface area contributed by atoms with Crippen LogP contribution in [0.1, 0.15) is 30.0 Å². The maximum absolute atomic E-state index is 13.4. The molecule has 1 fully saturated rings. The van der Waals surface area contributed by atoms with E-state index in [1.165, 1.54) is 23.4 Å². The van der Waals surface area contributed by atoms with E-state index in [9.17, 15) is 9.18 Å². The molecule has 3 aliphatic heterocycles. The number of carbonyl (C=O) groups is 1. The summed E-state index contributed by atoms with van der Waals surface area (Å²) in [6.45, 7) is 3.58. The second-order valence-electron chi connectivity index (χ2n) is 8.65. The van der Waals surface area contributed by atoms with Gasteiger partial charge in [-0.05, 0) is 49.6 Å². The van der Waals surface area contributed by atoms with Crippen molar-refractivity contribution >= 4 is 28.2 Å². The number of rotatable bonds is 4. The van der Waals surface area contributed by atoms with Crippen molar-refractivity contribution in [3.8, 4) is 0 Å². The summed E-state index contributed by atoms with van der Waals surface area (Å²) in [5.74, 6) is 0.296. The van der Waals surface area contributed by atoms with E-state index in [0.717, 1.165) is 55.7 Å². The van der Waals surface area contributed by atoms with E-state index in [4.69, 9.17) is 0 Å². The highest BCUT2D eigenvalue weighted by molar-refractivity contribution is 6.03. The van der Waals surface area contributed by atoms with Crippen LogP contribution in [0.4, 0.5) is 15.8 Å². The topological polar surface area (TPSA) is 64.3 Å². The Labute approximate surface area is 174 Å². The number of piperidine rings is 1. The van der Waals surface area contributed by atoms with Gasteiger partial charge in [0, 0.05) is 42.2 Å². The zero-order chi connectivity index (χ0) is 20.2. The SMILES string of the molecule is O=C1CN2c3c(cccc3C3CN(CCCc4[nH]nc5cc(F)ccc45)CC[C@@H]32)N1. The molecule has 6 rings (SSSR count). The molecular formula is C23H24FN5O. The first kappa shape index (κ1) is 17.9. The first-order valence-electron chi connectivity index (χ1n) is 10.7. The van der Waals surface area contributed by atoms with Crippen LogP contribution < -0.4 is 10.2 Å². The number of amides is 1. The van der Waals surface area contributed by atoms with E-state index in [2.05, 4.69) is 37.4 Å². The fourth-order valence-electron chi connectivity index (χ4n) is 5.59. The van der Waals surface area contributed by atoms with Crippen LogP contribution in [0.25, 0.3) is 10.9 Å². The molecule has 1 saturated heterocycles. The quantitative estimate of drug-likeness (QED) is 0.699. The van der Waals surface area contributed by atoms with E-state index >= 15 is 0 Å². The fraction of sp³-hybridized carbons (Fsp3) is 0.391. The highest BCUT2D eigenvalue weighted by Gasteiger charge is 2.44. The van der Waals surface area contributed by atoms with Gasteiger partial charge in [-0.15, -0.1) is 0 Å². The van der Waals surface area contributed by atoms with Gasteiger partial charge in [-0.25, -0.2) is 4.39 Å². The van der Waals surface area contributed by atoms with Gasteiger partial charge in [-0.3, -0.25) is 9.89 Å². The smallest absolute Gasteiger partial charge is 0.243 e. The van der Waals surface area contributed by atoms with Crippen LogP contribution in [0.3, 0.4) is 0 Å². The zero-order valence-electron chi connectivity index (χ0n) is 16.7. The first-order valence-corrected chi connectivity index (χ1v) is 10.7. The minimum absolute atomic E-state index is 0.0920. The average molecular weight is 405 g/mol. The van der Waals surface area contributed by atoms with Crippen molar-refractivity contribution in [2.24, 2.45) is 0 Å². The van der Waals surface area contributed by atoms with Crippen LogP contribution in [-0.2, 0) is 11.2 Å². The highest BCUT2D eigenvalue weighted by Crippen LogP contribution is 2.49. The molecule has 1 aromatic heterocycles. The van der Waals surface area contributed by atoms with Gasteiger partial charge < -0.3 is 15.1 Å². The van der Waals surface area contributed by atoms with Crippen LogP contribution >= 0.6 is 0 Å². The molecule has 4 heterocycles. The number of hydrogen-bond donors (Lipinski definition) is 2. The number of aryl methyl sites for hydroxylation is 1. The number of nitrogens with zero attached hydrogens (tertiary/aromatic N) is 3. The Morgan fingerprint density at radius 2 is 2.17 bits per heavy atom. The summed E-state index contributed by atoms with van der Waals surface area (Å²) in [6, 6.07) is 11.5. The molecule has 2 atom stereocenters. The molecule has 2 N–H and O–H groups in total. The molecule has 30 heavy (non-hydrogen) atoms. The Bertz CT molecular complexity index is 1140. The lowest BCUT2D eigenvalue weighted by molar-refractivity contribution is -0.115. The van der Waals surface area contributed by atoms with Gasteiger partial charge in [0.05, 0.1) is 23.4 Å². The third kappa shape index (κ3) is 2.80. The Morgan fingerprint density at radius 3 is 3.10 bits per heavy atom. The molecule has 3 aromatic rings. The van der Waals surface area contributed by atoms with Crippen LogP contribution in [0.15, 0.2) is 36.4 Å². The number of nitrogens with one attached hydrogen (secondary N) is 2. The molecule has 1 unspecified atom stereocenters. The van der Waals surface area contributed by atoms with Gasteiger partial charge >= 0.3 is 0 Å². The number of anilines is 2. The third-order valence-electron chi connectivity index (χ3n) is 6.90. The number of aromatic nitrogens is 2. The van der Waals surface area contributed by atoms with Crippen LogP contribution in [0, 0.1) is 5.82 Å². The van der Waals surface area contributed by atoms with Crippen molar-refractivity contribution in [3.63, 3.8) is 0 Å². The molecule has 0 bridgehead atoms. The summed E-state index contributed by atoms with van der Waals surface area (Å²) in [4.78, 5) is 17.0. The minimum atomic E-state index is -0.252. The third-order valence-corrected chi connectivity index (χ3v) is 6.90. The van der Waals surface area contributed by atoms with Gasteiger partial charge in [0.1, 0.15) is 5.82 Å². The number of hydrogen-bond acceptors (Lipinski definition) is 4. The van der Waals surface area contributed by atoms with Crippen LogP contribution in [-0.4, -0.2) is 53.2 Å². The Balaban J connectivity index is 1.14. The number of para-hydroxylation sites is 1. The number of likely N-dealkylation sites (tertiary alicyclic amines) is 1. The largest absolute Gasteiger partial charge is 0.357 e. The molecule has 2 aromatic carbocycles. The van der Waals surface area contributed by atoms with E-state index in [1.807, 2.05) is 12.1 Å². The fourth-order valence-corrected chi connectivity index (χ4v) is 5.59. The maximum atomic E-state index is 13.4. The molecule has 6 nitrogen and oxygen atoms in total. The Hall–Kier alpha value is -2.93. The van der Waals surface area contributed by atoms with Gasteiger partial charge in [0.25, 0.3) is 0 Å². The van der Waals surface area contributed by atoms with Crippen molar-refractivity contribution in [2.45, 2.75) is 31.2 Å². The zero-order valence-corrected chi connectivity index (χ0v) is 16.7. The molecule has 154 valence electrons. The normalized spacial score (nSPS) is 22.8. The number of halogens is 1. The Morgan fingerprint density at radius 1 is 1.23 bits per heavy atom. The molecule has 0 radical (unpaired) electrons. The molecule has 0 spiro atoms. The second kappa shape index (κ2) is 6.80. The lowest BCUT2D eigenvalue weighted by Gasteiger charge is -2.39. The van der Waals surface area contributed by atoms with E-state index in [0.29, 0.717) is 24.0 Å². The summed E-state index contributed by atoms with van der Waals surface area (Å²) in [7, 11) is 0. The molecule has 0 saturated carbocycles. The molecule has 3 aliphatic rings. The van der Waals surface area contributed by atoms with Gasteiger partial charge in [-0.2, -0.15) is 5.10 Å². The monoisotopic (exact) mass is 405 g/mol. The lowest BCUT2D eigenvalue weighted by atomic mass is 9.89. The van der Waals surface area contributed by atoms with Gasteiger partial charge in [0.15, 0.2) is 0 Å². The van der Waals surface area contributed by atoms with Crippen molar-refractivity contribution in [2.75, 3.05) is 36.4 Å². The van der Waals surface area contributed by atoms with E-state index in [-0.39, 0.29) is 11.7 Å². The van der Waals surface area contributed by atoms with Gasteiger partial charge in [0.2, 0.25) is 5.91 Å². The van der Waals surface area contributed by atoms with Crippen LogP contribution in [0.2, 0.25) is 0 Å². The predicted molar refractivity (Wildman–Crippen MR) is 114 cm³/mol. The number of H-pyrrole nitrogens is 1. The summed E-state index contributed by atoms with van der Waals surface area (Å²) >= 11 is 0. The standard InChI is InChI=1S/C23H24FN5O/c24-14-6-7-16-18(26-27-20(16)11-14)5-2-9-28-10-8-21-17(12-28)15-3-1-4-19-23(15)29(21)13-22(30)25-19/h1,3-4,6-7,11,17,21H,2,5,8-10,12-13H2,(H,25,30)(H,26,27)/t17?,21-/m0/s1. The lowest BCUT2D eigenvalue weighted by Crippen LogP contribution is -2.49. The summed E-state index contributed by atoms with van der Waals surface area (Å²) in [6.07, 6.45) is 3.01. The highest BCUT2D eigenvalue weighted by atomic mass is 19.1. The van der Waals surface area contributed by atoms with Crippen LogP contribution in [0.5, 0.6) is 0 Å². The average Bonchev–Trinajstić information content (AvgIpc) is 3.28.